The Morgan fingerprint density at radius 3 is 1.54 bits per heavy atom. The van der Waals surface area contributed by atoms with E-state index in [9.17, 15) is 5.26 Å². The molecular weight excluding hydrogens is 573 g/mol. The molecule has 0 aliphatic carbocycles. The van der Waals surface area contributed by atoms with Crippen molar-refractivity contribution >= 4 is 50.6 Å². The molecule has 1 heterocycles. The number of rotatable bonds is 6. The second-order valence-corrected chi connectivity index (χ2v) is 15.4. The molecule has 0 atom stereocenters. The summed E-state index contributed by atoms with van der Waals surface area (Å²) in [6.07, 6.45) is 0. The highest BCUT2D eigenvalue weighted by Crippen LogP contribution is 2.35. The first kappa shape index (κ1) is 27.6. The van der Waals surface area contributed by atoms with Crippen LogP contribution in [0.1, 0.15) is 5.56 Å². The Kier molecular flexibility index (Phi) is 6.91. The van der Waals surface area contributed by atoms with Gasteiger partial charge in [0, 0.05) is 16.3 Å². The third-order valence-corrected chi connectivity index (χ3v) is 14.0. The molecule has 0 aliphatic heterocycles. The van der Waals surface area contributed by atoms with Gasteiger partial charge in [-0.2, -0.15) is 5.26 Å². The molecule has 0 unspecified atom stereocenters. The van der Waals surface area contributed by atoms with Gasteiger partial charge in [-0.3, -0.25) is 0 Å². The number of fused-ring (bicyclic) bond motifs is 3. The van der Waals surface area contributed by atoms with Gasteiger partial charge in [-0.25, -0.2) is 0 Å². The van der Waals surface area contributed by atoms with Crippen molar-refractivity contribution in [2.75, 3.05) is 0 Å². The summed E-state index contributed by atoms with van der Waals surface area (Å²) in [5.74, 6) is 0. The predicted octanol–water partition coefficient (Wildman–Crippen LogP) is 7.70. The Labute approximate surface area is 270 Å². The molecule has 8 rings (SSSR count). The van der Waals surface area contributed by atoms with Crippen molar-refractivity contribution in [1.29, 1.82) is 5.26 Å². The van der Waals surface area contributed by atoms with E-state index in [2.05, 4.69) is 180 Å². The van der Waals surface area contributed by atoms with Gasteiger partial charge in [0.25, 0.3) is 0 Å². The summed E-state index contributed by atoms with van der Waals surface area (Å²) in [5, 5.41) is 17.3. The molecule has 216 valence electrons. The first-order valence-electron chi connectivity index (χ1n) is 15.6. The molecule has 0 radical (unpaired) electrons. The molecule has 0 spiro atoms. The van der Waals surface area contributed by atoms with Gasteiger partial charge < -0.3 is 4.57 Å². The van der Waals surface area contributed by atoms with Gasteiger partial charge in [-0.05, 0) is 56.6 Å². The molecule has 0 bridgehead atoms. The third-order valence-electron chi connectivity index (χ3n) is 9.19. The Bertz CT molecular complexity index is 2270. The first-order valence-corrected chi connectivity index (χ1v) is 17.6. The molecule has 0 amide bonds. The SMILES string of the molecule is N#Cc1ccc([Si](c2ccccc2)(c2ccccc2)c2cccc(-c3ccccc3-n3c4ccccc4c4ccccc43)c2)cc1. The second-order valence-electron chi connectivity index (χ2n) is 11.6. The van der Waals surface area contributed by atoms with Gasteiger partial charge in [0.1, 0.15) is 0 Å². The van der Waals surface area contributed by atoms with E-state index in [-0.39, 0.29) is 0 Å². The Morgan fingerprint density at radius 1 is 0.435 bits per heavy atom. The van der Waals surface area contributed by atoms with Gasteiger partial charge in [0.2, 0.25) is 0 Å². The number of benzene rings is 7. The number of hydrogen-bond acceptors (Lipinski definition) is 1. The number of aromatic nitrogens is 1. The fourth-order valence-corrected chi connectivity index (χ4v) is 12.0. The molecule has 0 N–H and O–H groups in total. The van der Waals surface area contributed by atoms with Crippen molar-refractivity contribution in [3.05, 3.63) is 188 Å². The van der Waals surface area contributed by atoms with Crippen molar-refractivity contribution in [3.8, 4) is 22.9 Å². The van der Waals surface area contributed by atoms with Gasteiger partial charge in [-0.15, -0.1) is 0 Å². The van der Waals surface area contributed by atoms with Crippen LogP contribution in [0.5, 0.6) is 0 Å². The zero-order valence-corrected chi connectivity index (χ0v) is 26.2. The minimum atomic E-state index is -2.79. The van der Waals surface area contributed by atoms with Crippen LogP contribution < -0.4 is 20.7 Å². The lowest BCUT2D eigenvalue weighted by molar-refractivity contribution is 1.18. The highest BCUT2D eigenvalue weighted by atomic mass is 28.3. The minimum Gasteiger partial charge on any atom is -0.309 e. The molecular formula is C43H30N2Si. The number of nitriles is 1. The van der Waals surface area contributed by atoms with Crippen molar-refractivity contribution in [1.82, 2.24) is 4.57 Å². The average Bonchev–Trinajstić information content (AvgIpc) is 3.48. The standard InChI is InChI=1S/C43H30N2Si/c44-31-32-26-28-36(29-27-32)46(34-15-3-1-4-16-34,35-17-5-2-6-18-35)37-19-13-14-33(30-37)38-20-7-10-23-41(38)45-42-24-11-8-21-39(42)40-22-9-12-25-43(40)45/h1-30H. The predicted molar refractivity (Wildman–Crippen MR) is 195 cm³/mol. The van der Waals surface area contributed by atoms with E-state index in [0.29, 0.717) is 5.56 Å². The van der Waals surface area contributed by atoms with E-state index >= 15 is 0 Å². The molecule has 0 fully saturated rings. The average molecular weight is 603 g/mol. The Morgan fingerprint density at radius 2 is 0.935 bits per heavy atom. The minimum absolute atomic E-state index is 0.668. The summed E-state index contributed by atoms with van der Waals surface area (Å²) in [6, 6.07) is 67.7. The summed E-state index contributed by atoms with van der Waals surface area (Å²) < 4.78 is 2.41. The summed E-state index contributed by atoms with van der Waals surface area (Å²) in [6.45, 7) is 0. The summed E-state index contributed by atoms with van der Waals surface area (Å²) in [5.41, 5.74) is 6.57. The van der Waals surface area contributed by atoms with E-state index in [1.54, 1.807) is 0 Å². The van der Waals surface area contributed by atoms with E-state index < -0.39 is 8.07 Å². The molecule has 8 aromatic rings. The Balaban J connectivity index is 1.41. The summed E-state index contributed by atoms with van der Waals surface area (Å²) >= 11 is 0. The molecule has 0 saturated carbocycles. The van der Waals surface area contributed by atoms with Crippen LogP contribution >= 0.6 is 0 Å². The topological polar surface area (TPSA) is 28.7 Å². The fraction of sp³-hybridized carbons (Fsp3) is 0. The van der Waals surface area contributed by atoms with Gasteiger partial charge in [0.15, 0.2) is 8.07 Å². The normalized spacial score (nSPS) is 11.5. The smallest absolute Gasteiger partial charge is 0.179 e. The van der Waals surface area contributed by atoms with E-state index in [0.717, 1.165) is 5.69 Å². The van der Waals surface area contributed by atoms with Gasteiger partial charge in [0.05, 0.1) is 28.4 Å². The zero-order valence-electron chi connectivity index (χ0n) is 25.2. The van der Waals surface area contributed by atoms with E-state index in [4.69, 9.17) is 0 Å². The van der Waals surface area contributed by atoms with Crippen LogP contribution in [0, 0.1) is 11.3 Å². The zero-order chi connectivity index (χ0) is 30.9. The van der Waals surface area contributed by atoms with Crippen LogP contribution in [0.2, 0.25) is 0 Å². The van der Waals surface area contributed by atoms with Gasteiger partial charge >= 0.3 is 0 Å². The monoisotopic (exact) mass is 602 g/mol. The van der Waals surface area contributed by atoms with Crippen molar-refractivity contribution in [2.45, 2.75) is 0 Å². The lowest BCUT2D eigenvalue weighted by atomic mass is 10.0. The third kappa shape index (κ3) is 4.39. The lowest BCUT2D eigenvalue weighted by Gasteiger charge is -2.34. The highest BCUT2D eigenvalue weighted by molar-refractivity contribution is 7.19. The number of hydrogen-bond donors (Lipinski definition) is 0. The van der Waals surface area contributed by atoms with Crippen LogP contribution in [0.3, 0.4) is 0 Å². The van der Waals surface area contributed by atoms with Crippen LogP contribution in [0.25, 0.3) is 38.6 Å². The maximum Gasteiger partial charge on any atom is 0.179 e. The van der Waals surface area contributed by atoms with Crippen LogP contribution in [-0.4, -0.2) is 12.6 Å². The van der Waals surface area contributed by atoms with E-state index in [1.807, 2.05) is 12.1 Å². The highest BCUT2D eigenvalue weighted by Gasteiger charge is 2.41. The number of nitrogens with zero attached hydrogens (tertiary/aromatic N) is 2. The van der Waals surface area contributed by atoms with Crippen molar-refractivity contribution in [3.63, 3.8) is 0 Å². The van der Waals surface area contributed by atoms with Crippen LogP contribution in [0.4, 0.5) is 0 Å². The summed E-state index contributed by atoms with van der Waals surface area (Å²) in [7, 11) is -2.79. The largest absolute Gasteiger partial charge is 0.309 e. The number of para-hydroxylation sites is 3. The first-order chi connectivity index (χ1) is 22.8. The fourth-order valence-electron chi connectivity index (χ4n) is 7.19. The maximum absolute atomic E-state index is 9.64. The Hall–Kier alpha value is -5.95. The van der Waals surface area contributed by atoms with Crippen molar-refractivity contribution < 1.29 is 0 Å². The van der Waals surface area contributed by atoms with E-state index in [1.165, 1.54) is 53.7 Å². The van der Waals surface area contributed by atoms with Crippen LogP contribution in [-0.2, 0) is 0 Å². The molecule has 0 aliphatic rings. The molecule has 3 heteroatoms. The van der Waals surface area contributed by atoms with Crippen molar-refractivity contribution in [2.24, 2.45) is 0 Å². The lowest BCUT2D eigenvalue weighted by Crippen LogP contribution is -2.74. The maximum atomic E-state index is 9.64. The van der Waals surface area contributed by atoms with Crippen LogP contribution in [0.15, 0.2) is 182 Å². The molecule has 0 saturated heterocycles. The molecule has 1 aromatic heterocycles. The molecule has 46 heavy (non-hydrogen) atoms. The summed E-state index contributed by atoms with van der Waals surface area (Å²) in [4.78, 5) is 0. The second kappa shape index (κ2) is 11.5. The quantitative estimate of drug-likeness (QED) is 0.142. The molecule has 2 nitrogen and oxygen atoms in total. The van der Waals surface area contributed by atoms with Gasteiger partial charge in [-0.1, -0.05) is 152 Å². The molecule has 7 aromatic carbocycles.